The van der Waals surface area contributed by atoms with Gasteiger partial charge in [0.25, 0.3) is 0 Å². The number of hydrogen-bond donors (Lipinski definition) is 1. The summed E-state index contributed by atoms with van der Waals surface area (Å²) in [6.45, 7) is 2.08. The van der Waals surface area contributed by atoms with Crippen molar-refractivity contribution in [1.29, 1.82) is 0 Å². The van der Waals surface area contributed by atoms with Crippen LogP contribution in [-0.2, 0) is 11.2 Å². The maximum absolute atomic E-state index is 10.3. The predicted molar refractivity (Wildman–Crippen MR) is 59.8 cm³/mol. The Bertz CT molecular complexity index is 310. The van der Waals surface area contributed by atoms with E-state index < -0.39 is 5.97 Å². The molecule has 0 spiro atoms. The third-order valence-corrected chi connectivity index (χ3v) is 2.95. The average Bonchev–Trinajstić information content (AvgIpc) is 2.15. The molecule has 14 heavy (non-hydrogen) atoms. The summed E-state index contributed by atoms with van der Waals surface area (Å²) in [5, 5.41) is 8.44. The van der Waals surface area contributed by atoms with Crippen LogP contribution in [0.2, 0.25) is 0 Å². The van der Waals surface area contributed by atoms with Crippen molar-refractivity contribution in [3.8, 4) is 0 Å². The van der Waals surface area contributed by atoms with E-state index in [9.17, 15) is 4.79 Å². The molecule has 1 rings (SSSR count). The zero-order chi connectivity index (χ0) is 10.4. The number of benzene rings is 1. The first-order chi connectivity index (χ1) is 6.70. The van der Waals surface area contributed by atoms with Gasteiger partial charge in [-0.3, -0.25) is 4.79 Å². The van der Waals surface area contributed by atoms with Crippen LogP contribution in [-0.4, -0.2) is 22.6 Å². The lowest BCUT2D eigenvalue weighted by molar-refractivity contribution is -0.133. The second kappa shape index (κ2) is 5.70. The average molecular weight is 210 g/mol. The summed E-state index contributed by atoms with van der Waals surface area (Å²) < 4.78 is 0. The van der Waals surface area contributed by atoms with E-state index in [1.54, 1.807) is 0 Å². The van der Waals surface area contributed by atoms with Gasteiger partial charge in [-0.2, -0.15) is 0 Å². The Morgan fingerprint density at radius 1 is 1.43 bits per heavy atom. The van der Waals surface area contributed by atoms with Gasteiger partial charge in [-0.1, -0.05) is 24.3 Å². The fourth-order valence-corrected chi connectivity index (χ4v) is 1.92. The van der Waals surface area contributed by atoms with Crippen molar-refractivity contribution < 1.29 is 9.90 Å². The van der Waals surface area contributed by atoms with Crippen molar-refractivity contribution in [2.75, 3.05) is 11.5 Å². The van der Waals surface area contributed by atoms with Gasteiger partial charge in [0.05, 0.1) is 5.75 Å². The molecule has 0 aliphatic carbocycles. The second-order valence-electron chi connectivity index (χ2n) is 3.12. The summed E-state index contributed by atoms with van der Waals surface area (Å²) in [6.07, 6.45) is 0.949. The number of thioether (sulfide) groups is 1. The molecule has 0 aromatic heterocycles. The van der Waals surface area contributed by atoms with Gasteiger partial charge < -0.3 is 5.11 Å². The third-order valence-electron chi connectivity index (χ3n) is 2.00. The van der Waals surface area contributed by atoms with E-state index in [2.05, 4.69) is 19.1 Å². The van der Waals surface area contributed by atoms with E-state index >= 15 is 0 Å². The molecule has 0 saturated carbocycles. The highest BCUT2D eigenvalue weighted by atomic mass is 32.2. The van der Waals surface area contributed by atoms with Crippen LogP contribution in [0, 0.1) is 6.92 Å². The molecule has 0 fully saturated rings. The number of hydrogen-bond acceptors (Lipinski definition) is 2. The lowest BCUT2D eigenvalue weighted by atomic mass is 10.1. The minimum Gasteiger partial charge on any atom is -0.481 e. The van der Waals surface area contributed by atoms with Crippen LogP contribution in [0.3, 0.4) is 0 Å². The smallest absolute Gasteiger partial charge is 0.313 e. The summed E-state index contributed by atoms with van der Waals surface area (Å²) in [5.74, 6) is 0.336. The van der Waals surface area contributed by atoms with Gasteiger partial charge in [0.2, 0.25) is 0 Å². The van der Waals surface area contributed by atoms with Crippen LogP contribution in [0.1, 0.15) is 11.1 Å². The maximum atomic E-state index is 10.3. The highest BCUT2D eigenvalue weighted by molar-refractivity contribution is 7.99. The topological polar surface area (TPSA) is 37.3 Å². The maximum Gasteiger partial charge on any atom is 0.313 e. The lowest BCUT2D eigenvalue weighted by Gasteiger charge is -2.03. The Kier molecular flexibility index (Phi) is 4.53. The summed E-state index contributed by atoms with van der Waals surface area (Å²) in [5.41, 5.74) is 2.59. The van der Waals surface area contributed by atoms with Gasteiger partial charge in [-0.25, -0.2) is 0 Å². The van der Waals surface area contributed by atoms with Crippen LogP contribution in [0.15, 0.2) is 24.3 Å². The van der Waals surface area contributed by atoms with Crippen LogP contribution in [0.25, 0.3) is 0 Å². The monoisotopic (exact) mass is 210 g/mol. The molecule has 0 heterocycles. The van der Waals surface area contributed by atoms with E-state index in [1.807, 2.05) is 12.1 Å². The summed E-state index contributed by atoms with van der Waals surface area (Å²) in [6, 6.07) is 8.21. The van der Waals surface area contributed by atoms with Gasteiger partial charge in [0.15, 0.2) is 0 Å². The molecule has 0 aliphatic heterocycles. The van der Waals surface area contributed by atoms with Crippen molar-refractivity contribution >= 4 is 17.7 Å². The van der Waals surface area contributed by atoms with Crippen molar-refractivity contribution in [3.05, 3.63) is 35.4 Å². The standard InChI is InChI=1S/C11H14O2S/c1-9-4-2-3-5-10(9)6-7-14-8-11(12)13/h2-5H,6-8H2,1H3,(H,12,13). The van der Waals surface area contributed by atoms with E-state index in [0.717, 1.165) is 12.2 Å². The molecule has 0 amide bonds. The van der Waals surface area contributed by atoms with Crippen LogP contribution >= 0.6 is 11.8 Å². The molecule has 1 aromatic rings. The molecule has 1 aromatic carbocycles. The molecular weight excluding hydrogens is 196 g/mol. The number of aliphatic carboxylic acids is 1. The molecule has 0 atom stereocenters. The van der Waals surface area contributed by atoms with Gasteiger partial charge in [0.1, 0.15) is 0 Å². The third kappa shape index (κ3) is 3.83. The predicted octanol–water partition coefficient (Wildman–Crippen LogP) is 2.36. The Morgan fingerprint density at radius 3 is 2.79 bits per heavy atom. The minimum absolute atomic E-state index is 0.200. The quantitative estimate of drug-likeness (QED) is 0.758. The Hall–Kier alpha value is -0.960. The zero-order valence-electron chi connectivity index (χ0n) is 8.19. The molecular formula is C11H14O2S. The van der Waals surface area contributed by atoms with Gasteiger partial charge in [0, 0.05) is 0 Å². The van der Waals surface area contributed by atoms with Gasteiger partial charge in [-0.05, 0) is 30.2 Å². The van der Waals surface area contributed by atoms with Crippen LogP contribution < -0.4 is 0 Å². The van der Waals surface area contributed by atoms with E-state index in [1.165, 1.54) is 22.9 Å². The molecule has 0 bridgehead atoms. The fourth-order valence-electron chi connectivity index (χ4n) is 1.23. The van der Waals surface area contributed by atoms with Crippen molar-refractivity contribution in [3.63, 3.8) is 0 Å². The molecule has 0 aliphatic rings. The van der Waals surface area contributed by atoms with Crippen LogP contribution in [0.4, 0.5) is 0 Å². The van der Waals surface area contributed by atoms with Gasteiger partial charge in [-0.15, -0.1) is 11.8 Å². The minimum atomic E-state index is -0.736. The molecule has 76 valence electrons. The first-order valence-electron chi connectivity index (χ1n) is 4.54. The second-order valence-corrected chi connectivity index (χ2v) is 4.23. The summed E-state index contributed by atoms with van der Waals surface area (Å²) >= 11 is 1.47. The van der Waals surface area contributed by atoms with Crippen molar-refractivity contribution in [2.24, 2.45) is 0 Å². The first kappa shape index (κ1) is 11.1. The largest absolute Gasteiger partial charge is 0.481 e. The number of carboxylic acid groups (broad SMARTS) is 1. The highest BCUT2D eigenvalue weighted by Crippen LogP contribution is 2.11. The Morgan fingerprint density at radius 2 is 2.14 bits per heavy atom. The van der Waals surface area contributed by atoms with Crippen LogP contribution in [0.5, 0.6) is 0 Å². The molecule has 1 N–H and O–H groups in total. The summed E-state index contributed by atoms with van der Waals surface area (Å²) in [7, 11) is 0. The number of rotatable bonds is 5. The van der Waals surface area contributed by atoms with Crippen molar-refractivity contribution in [1.82, 2.24) is 0 Å². The SMILES string of the molecule is Cc1ccccc1CCSCC(=O)O. The van der Waals surface area contributed by atoms with Crippen molar-refractivity contribution in [2.45, 2.75) is 13.3 Å². The Balaban J connectivity index is 2.31. The zero-order valence-corrected chi connectivity index (χ0v) is 9.01. The molecule has 2 nitrogen and oxygen atoms in total. The Labute approximate surface area is 88.3 Å². The number of carbonyl (C=O) groups is 1. The lowest BCUT2D eigenvalue weighted by Crippen LogP contribution is -2.00. The summed E-state index contributed by atoms with van der Waals surface area (Å²) in [4.78, 5) is 10.3. The first-order valence-corrected chi connectivity index (χ1v) is 5.69. The molecule has 0 saturated heterocycles. The number of carboxylic acids is 1. The fraction of sp³-hybridized carbons (Fsp3) is 0.364. The normalized spacial score (nSPS) is 10.1. The molecule has 0 radical (unpaired) electrons. The highest BCUT2D eigenvalue weighted by Gasteiger charge is 1.99. The number of aryl methyl sites for hydroxylation is 2. The van der Waals surface area contributed by atoms with E-state index in [0.29, 0.717) is 0 Å². The van der Waals surface area contributed by atoms with Gasteiger partial charge >= 0.3 is 5.97 Å². The van der Waals surface area contributed by atoms with E-state index in [-0.39, 0.29) is 5.75 Å². The molecule has 0 unspecified atom stereocenters. The van der Waals surface area contributed by atoms with E-state index in [4.69, 9.17) is 5.11 Å². The molecule has 3 heteroatoms.